The molecule has 0 unspecified atom stereocenters. The number of benzene rings is 2. The molecule has 0 fully saturated rings. The number of hydrogen-bond acceptors (Lipinski definition) is 2. The Morgan fingerprint density at radius 2 is 1.54 bits per heavy atom. The molecule has 2 aromatic carbocycles. The average Bonchev–Trinajstić information content (AvgIpc) is 3.21. The Morgan fingerprint density at radius 1 is 0.875 bits per heavy atom. The molecular weight excluding hydrogens is 304 g/mol. The highest BCUT2D eigenvalue weighted by molar-refractivity contribution is 6.08. The Morgan fingerprint density at radius 3 is 2.21 bits per heavy atom. The lowest BCUT2D eigenvalue weighted by atomic mass is 10.1. The maximum atomic E-state index is 12.0. The van der Waals surface area contributed by atoms with Crippen LogP contribution in [0.2, 0.25) is 0 Å². The first-order valence-corrected chi connectivity index (χ1v) is 7.46. The molecule has 2 heterocycles. The molecule has 5 nitrogen and oxygen atoms in total. The number of hydrogen-bond donors (Lipinski definition) is 2. The van der Waals surface area contributed by atoms with Gasteiger partial charge in [-0.2, -0.15) is 0 Å². The highest BCUT2D eigenvalue weighted by Gasteiger charge is 2.23. The highest BCUT2D eigenvalue weighted by Crippen LogP contribution is 2.32. The summed E-state index contributed by atoms with van der Waals surface area (Å²) in [5.41, 5.74) is 1.82. The van der Waals surface area contributed by atoms with Crippen molar-refractivity contribution < 1.29 is 15.0 Å². The van der Waals surface area contributed by atoms with E-state index < -0.39 is 5.97 Å². The number of carbonyl (C=O) groups is 1. The molecule has 0 aliphatic rings. The van der Waals surface area contributed by atoms with E-state index in [1.807, 2.05) is 53.4 Å². The van der Waals surface area contributed by atoms with Crippen molar-refractivity contribution in [1.82, 2.24) is 9.13 Å². The molecule has 2 N–H and O–H groups in total. The van der Waals surface area contributed by atoms with Gasteiger partial charge >= 0.3 is 5.97 Å². The first kappa shape index (κ1) is 14.1. The first-order valence-electron chi connectivity index (χ1n) is 7.46. The van der Waals surface area contributed by atoms with Crippen molar-refractivity contribution >= 4 is 16.9 Å². The van der Waals surface area contributed by atoms with Crippen molar-refractivity contribution in [3.05, 3.63) is 78.6 Å². The van der Waals surface area contributed by atoms with Crippen LogP contribution in [0.25, 0.3) is 22.4 Å². The standard InChI is InChI=1S/C19H14N2O3/c22-14-9-7-13(8-10-14)21-16-6-2-1-5-15(16)17(19(23)24)18(21)20-11-3-4-12-20/h1-12,22H,(H,23,24). The molecule has 0 saturated heterocycles. The number of para-hydroxylation sites is 1. The lowest BCUT2D eigenvalue weighted by Gasteiger charge is -2.12. The fraction of sp³-hybridized carbons (Fsp3) is 0. The van der Waals surface area contributed by atoms with Crippen molar-refractivity contribution in [2.45, 2.75) is 0 Å². The van der Waals surface area contributed by atoms with Gasteiger partial charge in [0.1, 0.15) is 17.1 Å². The molecule has 118 valence electrons. The fourth-order valence-electron chi connectivity index (χ4n) is 3.02. The van der Waals surface area contributed by atoms with E-state index in [0.29, 0.717) is 11.2 Å². The second-order valence-corrected chi connectivity index (χ2v) is 5.46. The third kappa shape index (κ3) is 2.06. The van der Waals surface area contributed by atoms with Crippen LogP contribution in [0.5, 0.6) is 5.75 Å². The van der Waals surface area contributed by atoms with Gasteiger partial charge in [-0.1, -0.05) is 18.2 Å². The lowest BCUT2D eigenvalue weighted by molar-refractivity contribution is 0.0699. The van der Waals surface area contributed by atoms with Crippen LogP contribution in [0, 0.1) is 0 Å². The number of aromatic carboxylic acids is 1. The summed E-state index contributed by atoms with van der Waals surface area (Å²) in [4.78, 5) is 12.0. The van der Waals surface area contributed by atoms with E-state index in [9.17, 15) is 15.0 Å². The zero-order valence-electron chi connectivity index (χ0n) is 12.6. The van der Waals surface area contributed by atoms with E-state index in [1.165, 1.54) is 0 Å². The molecule has 0 spiro atoms. The van der Waals surface area contributed by atoms with E-state index >= 15 is 0 Å². The van der Waals surface area contributed by atoms with Gasteiger partial charge in [0.2, 0.25) is 0 Å². The van der Waals surface area contributed by atoms with Gasteiger partial charge < -0.3 is 14.8 Å². The largest absolute Gasteiger partial charge is 0.508 e. The van der Waals surface area contributed by atoms with Crippen LogP contribution in [-0.2, 0) is 0 Å². The van der Waals surface area contributed by atoms with Crippen LogP contribution >= 0.6 is 0 Å². The van der Waals surface area contributed by atoms with E-state index in [4.69, 9.17) is 0 Å². The maximum absolute atomic E-state index is 12.0. The molecule has 4 rings (SSSR count). The monoisotopic (exact) mass is 318 g/mol. The lowest BCUT2D eigenvalue weighted by Crippen LogP contribution is -2.07. The normalized spacial score (nSPS) is 11.0. The summed E-state index contributed by atoms with van der Waals surface area (Å²) in [6.07, 6.45) is 3.63. The fourth-order valence-corrected chi connectivity index (χ4v) is 3.02. The van der Waals surface area contributed by atoms with Gasteiger partial charge in [-0.3, -0.25) is 4.57 Å². The summed E-state index contributed by atoms with van der Waals surface area (Å²) in [6, 6.07) is 17.8. The molecule has 5 heteroatoms. The average molecular weight is 318 g/mol. The molecule has 0 aliphatic carbocycles. The second-order valence-electron chi connectivity index (χ2n) is 5.46. The number of fused-ring (bicyclic) bond motifs is 1. The van der Waals surface area contributed by atoms with Crippen molar-refractivity contribution in [1.29, 1.82) is 0 Å². The van der Waals surface area contributed by atoms with Crippen molar-refractivity contribution in [3.63, 3.8) is 0 Å². The van der Waals surface area contributed by atoms with Crippen LogP contribution < -0.4 is 0 Å². The topological polar surface area (TPSA) is 67.4 Å². The van der Waals surface area contributed by atoms with E-state index in [2.05, 4.69) is 0 Å². The summed E-state index contributed by atoms with van der Waals surface area (Å²) in [7, 11) is 0. The van der Waals surface area contributed by atoms with E-state index in [0.717, 1.165) is 11.2 Å². The molecule has 0 aliphatic heterocycles. The number of phenols is 1. The summed E-state index contributed by atoms with van der Waals surface area (Å²) < 4.78 is 3.68. The summed E-state index contributed by atoms with van der Waals surface area (Å²) in [5.74, 6) is -0.261. The van der Waals surface area contributed by atoms with Gasteiger partial charge in [-0.15, -0.1) is 0 Å². The Kier molecular flexibility index (Phi) is 3.13. The van der Waals surface area contributed by atoms with Crippen molar-refractivity contribution in [2.24, 2.45) is 0 Å². The summed E-state index contributed by atoms with van der Waals surface area (Å²) in [5, 5.41) is 20.0. The molecule has 0 amide bonds. The van der Waals surface area contributed by atoms with Gasteiger partial charge in [0.05, 0.1) is 5.52 Å². The van der Waals surface area contributed by atoms with Gasteiger partial charge in [-0.25, -0.2) is 4.79 Å². The molecule has 24 heavy (non-hydrogen) atoms. The minimum atomic E-state index is -0.979. The summed E-state index contributed by atoms with van der Waals surface area (Å²) in [6.45, 7) is 0. The van der Waals surface area contributed by atoms with Crippen LogP contribution in [0.4, 0.5) is 0 Å². The van der Waals surface area contributed by atoms with Crippen LogP contribution in [-0.4, -0.2) is 25.3 Å². The molecule has 0 bridgehead atoms. The molecule has 0 atom stereocenters. The molecule has 0 radical (unpaired) electrons. The number of nitrogens with zero attached hydrogens (tertiary/aromatic N) is 2. The van der Waals surface area contributed by atoms with Gasteiger partial charge in [0.15, 0.2) is 0 Å². The Balaban J connectivity index is 2.17. The van der Waals surface area contributed by atoms with Gasteiger partial charge in [0, 0.05) is 23.5 Å². The number of aromatic nitrogens is 2. The molecule has 0 saturated carbocycles. The van der Waals surface area contributed by atoms with Crippen LogP contribution in [0.3, 0.4) is 0 Å². The van der Waals surface area contributed by atoms with E-state index in [-0.39, 0.29) is 11.3 Å². The Hall–Kier alpha value is -3.47. The number of phenolic OH excluding ortho intramolecular Hbond substituents is 1. The minimum absolute atomic E-state index is 0.163. The summed E-state index contributed by atoms with van der Waals surface area (Å²) >= 11 is 0. The SMILES string of the molecule is O=C(O)c1c(-n2cccc2)n(-c2ccc(O)cc2)c2ccccc12. The molecular formula is C19H14N2O3. The Bertz CT molecular complexity index is 1030. The van der Waals surface area contributed by atoms with Gasteiger partial charge in [-0.05, 0) is 42.5 Å². The van der Waals surface area contributed by atoms with Crippen molar-refractivity contribution in [3.8, 4) is 17.3 Å². The molecule has 4 aromatic rings. The quantitative estimate of drug-likeness (QED) is 0.603. The number of carboxylic acids is 1. The third-order valence-corrected chi connectivity index (χ3v) is 4.02. The van der Waals surface area contributed by atoms with Gasteiger partial charge in [0.25, 0.3) is 0 Å². The predicted molar refractivity (Wildman–Crippen MR) is 91.2 cm³/mol. The van der Waals surface area contributed by atoms with Crippen molar-refractivity contribution in [2.75, 3.05) is 0 Å². The smallest absolute Gasteiger partial charge is 0.340 e. The molecule has 2 aromatic heterocycles. The number of carboxylic acid groups (broad SMARTS) is 1. The third-order valence-electron chi connectivity index (χ3n) is 4.02. The second kappa shape index (κ2) is 5.31. The highest BCUT2D eigenvalue weighted by atomic mass is 16.4. The number of aromatic hydroxyl groups is 1. The first-order chi connectivity index (χ1) is 11.7. The zero-order chi connectivity index (χ0) is 16.7. The van der Waals surface area contributed by atoms with Crippen LogP contribution in [0.1, 0.15) is 10.4 Å². The minimum Gasteiger partial charge on any atom is -0.508 e. The predicted octanol–water partition coefficient (Wildman–Crippen LogP) is 3.83. The van der Waals surface area contributed by atoms with Crippen LogP contribution in [0.15, 0.2) is 73.1 Å². The Labute approximate surface area is 137 Å². The number of rotatable bonds is 3. The zero-order valence-corrected chi connectivity index (χ0v) is 12.6. The van der Waals surface area contributed by atoms with E-state index in [1.54, 1.807) is 28.8 Å². The maximum Gasteiger partial charge on any atom is 0.340 e.